The van der Waals surface area contributed by atoms with Gasteiger partial charge < -0.3 is 4.18 Å². The number of hydrogen-bond acceptors (Lipinski definition) is 3. The molecule has 0 radical (unpaired) electrons. The van der Waals surface area contributed by atoms with Gasteiger partial charge in [0, 0.05) is 0 Å². The molecule has 0 saturated heterocycles. The van der Waals surface area contributed by atoms with Gasteiger partial charge in [0.1, 0.15) is 5.75 Å². The summed E-state index contributed by atoms with van der Waals surface area (Å²) in [5, 5.41) is 0. The van der Waals surface area contributed by atoms with Crippen LogP contribution in [0.15, 0.2) is 30.3 Å². The summed E-state index contributed by atoms with van der Waals surface area (Å²) in [5.74, 6) is -0.371. The third kappa shape index (κ3) is 4.02. The van der Waals surface area contributed by atoms with E-state index >= 15 is 0 Å². The zero-order chi connectivity index (χ0) is 10.8. The molecule has 0 fully saturated rings. The van der Waals surface area contributed by atoms with Crippen LogP contribution in [0.25, 0.3) is 0 Å². The average molecular weight is 250 g/mol. The molecule has 80 valence electrons. The van der Waals surface area contributed by atoms with Crippen LogP contribution < -0.4 is 4.18 Å². The molecule has 0 amide bonds. The minimum absolute atomic E-state index is 0. The van der Waals surface area contributed by atoms with Crippen LogP contribution in [0.3, 0.4) is 0 Å². The summed E-state index contributed by atoms with van der Waals surface area (Å²) in [4.78, 5) is 0. The first-order valence-electron chi connectivity index (χ1n) is 3.39. The van der Waals surface area contributed by atoms with Crippen molar-refractivity contribution in [3.8, 4) is 5.75 Å². The number of benzene rings is 1. The molecule has 0 saturated carbocycles. The van der Waals surface area contributed by atoms with Crippen molar-refractivity contribution >= 4 is 39.7 Å². The second kappa shape index (κ2) is 5.20. The Hall–Kier alpha value is -0.240. The second-order valence-corrected chi connectivity index (χ2v) is 3.83. The van der Waals surface area contributed by atoms with Gasteiger partial charge in [0.15, 0.2) is 0 Å². The van der Waals surface area contributed by atoms with Gasteiger partial charge >= 0.3 is 45.2 Å². The Labute approximate surface area is 107 Å². The van der Waals surface area contributed by atoms with Crippen molar-refractivity contribution in [2.75, 3.05) is 0 Å². The summed E-state index contributed by atoms with van der Waals surface area (Å²) in [5.41, 5.74) is -5.40. The van der Waals surface area contributed by atoms with E-state index < -0.39 is 15.6 Å². The fourth-order valence-corrected chi connectivity index (χ4v) is 1.11. The van der Waals surface area contributed by atoms with Crippen LogP contribution in [0, 0.1) is 0 Å². The summed E-state index contributed by atoms with van der Waals surface area (Å²) in [6.07, 6.45) is 0. The molecular formula is C7H6F3NaO3S. The molecule has 0 spiro atoms. The fourth-order valence-electron chi connectivity index (χ4n) is 0.650. The molecule has 0 heterocycles. The van der Waals surface area contributed by atoms with Crippen LogP contribution >= 0.6 is 0 Å². The molecule has 1 aromatic carbocycles. The number of rotatable bonds is 2. The van der Waals surface area contributed by atoms with E-state index in [4.69, 9.17) is 0 Å². The standard InChI is InChI=1S/C7H5F3O3S.Na.H/c8-7(9,10)14(11,12)13-6-4-2-1-3-5-6;;/h1-5H;;. The first-order valence-corrected chi connectivity index (χ1v) is 4.79. The average Bonchev–Trinajstić information content (AvgIpc) is 2.03. The van der Waals surface area contributed by atoms with Crippen molar-refractivity contribution in [1.29, 1.82) is 0 Å². The van der Waals surface area contributed by atoms with Crippen LogP contribution in [0.5, 0.6) is 5.75 Å². The Balaban J connectivity index is 0.00000196. The molecule has 0 N–H and O–H groups in total. The third-order valence-corrected chi connectivity index (χ3v) is 2.21. The van der Waals surface area contributed by atoms with Crippen molar-refractivity contribution in [3.63, 3.8) is 0 Å². The van der Waals surface area contributed by atoms with Gasteiger partial charge in [-0.2, -0.15) is 21.6 Å². The molecule has 0 bridgehead atoms. The number of hydrogen-bond donors (Lipinski definition) is 0. The molecule has 3 nitrogen and oxygen atoms in total. The molecular weight excluding hydrogens is 244 g/mol. The summed E-state index contributed by atoms with van der Waals surface area (Å²) in [6, 6.07) is 6.47. The molecule has 0 aromatic heterocycles. The first-order chi connectivity index (χ1) is 6.33. The Kier molecular flexibility index (Phi) is 5.12. The Morgan fingerprint density at radius 2 is 1.53 bits per heavy atom. The summed E-state index contributed by atoms with van der Waals surface area (Å²) in [7, 11) is -5.55. The first kappa shape index (κ1) is 14.8. The normalized spacial score (nSPS) is 11.7. The van der Waals surface area contributed by atoms with E-state index in [1.165, 1.54) is 18.2 Å². The topological polar surface area (TPSA) is 43.4 Å². The van der Waals surface area contributed by atoms with Crippen LogP contribution in [0.4, 0.5) is 13.2 Å². The Morgan fingerprint density at radius 1 is 1.07 bits per heavy atom. The van der Waals surface area contributed by atoms with Gasteiger partial charge in [-0.1, -0.05) is 18.2 Å². The van der Waals surface area contributed by atoms with E-state index in [1.54, 1.807) is 0 Å². The molecule has 1 aromatic rings. The predicted molar refractivity (Wildman–Crippen MR) is 49.2 cm³/mol. The molecule has 0 aliphatic carbocycles. The van der Waals surface area contributed by atoms with Crippen LogP contribution in [0.2, 0.25) is 0 Å². The monoisotopic (exact) mass is 250 g/mol. The van der Waals surface area contributed by atoms with E-state index in [-0.39, 0.29) is 35.3 Å². The minimum atomic E-state index is -5.55. The van der Waals surface area contributed by atoms with E-state index in [1.807, 2.05) is 0 Å². The van der Waals surface area contributed by atoms with Gasteiger partial charge in [-0.3, -0.25) is 0 Å². The predicted octanol–water partition coefficient (Wildman–Crippen LogP) is 1.27. The van der Waals surface area contributed by atoms with Crippen molar-refractivity contribution < 1.29 is 25.8 Å². The fraction of sp³-hybridized carbons (Fsp3) is 0.143. The molecule has 0 aliphatic heterocycles. The van der Waals surface area contributed by atoms with Crippen LogP contribution in [-0.4, -0.2) is 43.5 Å². The summed E-state index contributed by atoms with van der Waals surface area (Å²) >= 11 is 0. The van der Waals surface area contributed by atoms with Gasteiger partial charge in [-0.05, 0) is 12.1 Å². The zero-order valence-electron chi connectivity index (χ0n) is 6.65. The van der Waals surface area contributed by atoms with Crippen molar-refractivity contribution in [2.24, 2.45) is 0 Å². The third-order valence-electron chi connectivity index (χ3n) is 1.23. The zero-order valence-corrected chi connectivity index (χ0v) is 7.47. The number of para-hydroxylation sites is 1. The quantitative estimate of drug-likeness (QED) is 0.451. The van der Waals surface area contributed by atoms with Gasteiger partial charge in [-0.15, -0.1) is 0 Å². The van der Waals surface area contributed by atoms with E-state index in [0.29, 0.717) is 0 Å². The molecule has 1 rings (SSSR count). The van der Waals surface area contributed by atoms with Gasteiger partial charge in [0.05, 0.1) is 0 Å². The number of alkyl halides is 3. The molecule has 0 atom stereocenters. The van der Waals surface area contributed by atoms with E-state index in [0.717, 1.165) is 12.1 Å². The van der Waals surface area contributed by atoms with Gasteiger partial charge in [0.25, 0.3) is 0 Å². The van der Waals surface area contributed by atoms with Gasteiger partial charge in [0.2, 0.25) is 0 Å². The molecule has 15 heavy (non-hydrogen) atoms. The molecule has 0 unspecified atom stereocenters. The summed E-state index contributed by atoms with van der Waals surface area (Å²) < 4.78 is 60.2. The van der Waals surface area contributed by atoms with E-state index in [2.05, 4.69) is 4.18 Å². The van der Waals surface area contributed by atoms with Crippen molar-refractivity contribution in [2.45, 2.75) is 5.51 Å². The maximum absolute atomic E-state index is 11.8. The van der Waals surface area contributed by atoms with Gasteiger partial charge in [-0.25, -0.2) is 0 Å². The molecule has 8 heteroatoms. The number of halogens is 3. The van der Waals surface area contributed by atoms with Crippen molar-refractivity contribution in [3.05, 3.63) is 30.3 Å². The summed E-state index contributed by atoms with van der Waals surface area (Å²) in [6.45, 7) is 0. The Bertz CT molecular complexity index is 401. The Morgan fingerprint density at radius 3 is 1.93 bits per heavy atom. The SMILES string of the molecule is O=S(=O)(Oc1ccccc1)C(F)(F)F.[NaH]. The molecule has 0 aliphatic rings. The second-order valence-electron chi connectivity index (χ2n) is 2.30. The van der Waals surface area contributed by atoms with E-state index in [9.17, 15) is 21.6 Å². The maximum atomic E-state index is 11.8. The van der Waals surface area contributed by atoms with Crippen molar-refractivity contribution in [1.82, 2.24) is 0 Å². The van der Waals surface area contributed by atoms with Crippen LogP contribution in [-0.2, 0) is 10.1 Å². The van der Waals surface area contributed by atoms with Crippen LogP contribution in [0.1, 0.15) is 0 Å².